The number of fused-ring (bicyclic) bond motifs is 1. The Kier molecular flexibility index (Phi) is 2.98. The molecule has 2 heterocycles. The summed E-state index contributed by atoms with van der Waals surface area (Å²) in [6, 6.07) is 7.68. The number of carbonyl (C=O) groups is 1. The number of benzene rings is 1. The van der Waals surface area contributed by atoms with E-state index in [1.165, 1.54) is 0 Å². The quantitative estimate of drug-likeness (QED) is 0.763. The number of piperidine rings is 1. The average molecular weight is 258 g/mol. The van der Waals surface area contributed by atoms with Crippen molar-refractivity contribution in [2.24, 2.45) is 0 Å². The Bertz CT molecular complexity index is 598. The smallest absolute Gasteiger partial charge is 0.272 e. The van der Waals surface area contributed by atoms with Gasteiger partial charge in [-0.2, -0.15) is 5.10 Å². The Hall–Kier alpha value is -1.88. The van der Waals surface area contributed by atoms with Crippen LogP contribution >= 0.6 is 0 Å². The highest BCUT2D eigenvalue weighted by atomic mass is 16.2. The lowest BCUT2D eigenvalue weighted by Crippen LogP contribution is -2.52. The fourth-order valence-corrected chi connectivity index (χ4v) is 2.57. The summed E-state index contributed by atoms with van der Waals surface area (Å²) < 4.78 is 0. The van der Waals surface area contributed by atoms with Gasteiger partial charge < -0.3 is 10.6 Å². The molecule has 100 valence electrons. The number of rotatable bonds is 2. The Morgan fingerprint density at radius 3 is 2.84 bits per heavy atom. The number of H-pyrrole nitrogens is 1. The van der Waals surface area contributed by atoms with Crippen molar-refractivity contribution in [3.8, 4) is 0 Å². The molecule has 1 amide bonds. The summed E-state index contributed by atoms with van der Waals surface area (Å²) >= 11 is 0. The number of aromatic nitrogens is 2. The van der Waals surface area contributed by atoms with Crippen molar-refractivity contribution >= 4 is 16.8 Å². The summed E-state index contributed by atoms with van der Waals surface area (Å²) in [4.78, 5) is 12.4. The van der Waals surface area contributed by atoms with Crippen LogP contribution in [0, 0.1) is 0 Å². The third kappa shape index (κ3) is 2.33. The van der Waals surface area contributed by atoms with Gasteiger partial charge >= 0.3 is 0 Å². The minimum Gasteiger partial charge on any atom is -0.345 e. The normalized spacial score (nSPS) is 18.4. The molecule has 1 aromatic heterocycles. The number of hydrogen-bond acceptors (Lipinski definition) is 3. The first-order chi connectivity index (χ1) is 9.18. The van der Waals surface area contributed by atoms with E-state index in [4.69, 9.17) is 0 Å². The van der Waals surface area contributed by atoms with Gasteiger partial charge in [0, 0.05) is 10.9 Å². The van der Waals surface area contributed by atoms with Gasteiger partial charge in [-0.3, -0.25) is 9.89 Å². The predicted molar refractivity (Wildman–Crippen MR) is 74.1 cm³/mol. The number of nitrogens with zero attached hydrogens (tertiary/aromatic N) is 1. The van der Waals surface area contributed by atoms with Crippen molar-refractivity contribution in [3.05, 3.63) is 30.0 Å². The molecule has 0 atom stereocenters. The molecule has 19 heavy (non-hydrogen) atoms. The molecule has 3 N–H and O–H groups in total. The van der Waals surface area contributed by atoms with Crippen LogP contribution in [0.2, 0.25) is 0 Å². The third-order valence-corrected chi connectivity index (χ3v) is 3.81. The number of aromatic amines is 1. The number of nitrogens with one attached hydrogen (secondary N) is 3. The van der Waals surface area contributed by atoms with Crippen LogP contribution in [0.1, 0.15) is 30.3 Å². The second-order valence-electron chi connectivity index (χ2n) is 5.38. The van der Waals surface area contributed by atoms with E-state index in [1.54, 1.807) is 0 Å². The second kappa shape index (κ2) is 4.66. The largest absolute Gasteiger partial charge is 0.345 e. The van der Waals surface area contributed by atoms with E-state index in [-0.39, 0.29) is 11.4 Å². The molecule has 0 bridgehead atoms. The van der Waals surface area contributed by atoms with E-state index in [1.807, 2.05) is 24.3 Å². The zero-order valence-corrected chi connectivity index (χ0v) is 11.0. The lowest BCUT2D eigenvalue weighted by atomic mass is 9.90. The number of amides is 1. The molecule has 5 heteroatoms. The van der Waals surface area contributed by atoms with E-state index in [0.717, 1.165) is 36.8 Å². The predicted octanol–water partition coefficient (Wildman–Crippen LogP) is 1.43. The molecule has 1 aliphatic rings. The highest BCUT2D eigenvalue weighted by molar-refractivity contribution is 6.04. The van der Waals surface area contributed by atoms with Crippen molar-refractivity contribution in [1.29, 1.82) is 0 Å². The molecule has 1 saturated heterocycles. The Labute approximate surface area is 111 Å². The highest BCUT2D eigenvalue weighted by Crippen LogP contribution is 2.20. The van der Waals surface area contributed by atoms with Crippen LogP contribution in [-0.4, -0.2) is 34.7 Å². The van der Waals surface area contributed by atoms with Crippen LogP contribution in [0.3, 0.4) is 0 Å². The number of hydrogen-bond donors (Lipinski definition) is 3. The summed E-state index contributed by atoms with van der Waals surface area (Å²) in [5.41, 5.74) is 1.24. The molecule has 0 unspecified atom stereocenters. The highest BCUT2D eigenvalue weighted by Gasteiger charge is 2.29. The molecule has 1 aromatic carbocycles. The van der Waals surface area contributed by atoms with E-state index < -0.39 is 0 Å². The summed E-state index contributed by atoms with van der Waals surface area (Å²) in [6.07, 6.45) is 1.89. The fraction of sp³-hybridized carbons (Fsp3) is 0.429. The van der Waals surface area contributed by atoms with E-state index >= 15 is 0 Å². The van der Waals surface area contributed by atoms with E-state index in [2.05, 4.69) is 27.8 Å². The van der Waals surface area contributed by atoms with Gasteiger partial charge in [-0.15, -0.1) is 0 Å². The first-order valence-corrected chi connectivity index (χ1v) is 6.64. The van der Waals surface area contributed by atoms with E-state index in [9.17, 15) is 4.79 Å². The van der Waals surface area contributed by atoms with Gasteiger partial charge in [0.2, 0.25) is 0 Å². The first kappa shape index (κ1) is 12.2. The topological polar surface area (TPSA) is 69.8 Å². The van der Waals surface area contributed by atoms with Gasteiger partial charge in [0.25, 0.3) is 5.91 Å². The minimum absolute atomic E-state index is 0.0955. The summed E-state index contributed by atoms with van der Waals surface area (Å²) in [5, 5.41) is 14.3. The molecule has 0 aliphatic carbocycles. The molecule has 0 spiro atoms. The maximum Gasteiger partial charge on any atom is 0.272 e. The van der Waals surface area contributed by atoms with Gasteiger partial charge in [-0.1, -0.05) is 18.2 Å². The van der Waals surface area contributed by atoms with Crippen LogP contribution < -0.4 is 10.6 Å². The van der Waals surface area contributed by atoms with Crippen LogP contribution in [0.15, 0.2) is 24.3 Å². The van der Waals surface area contributed by atoms with Gasteiger partial charge in [-0.25, -0.2) is 0 Å². The Morgan fingerprint density at radius 1 is 1.32 bits per heavy atom. The molecule has 1 fully saturated rings. The van der Waals surface area contributed by atoms with Crippen molar-refractivity contribution in [2.45, 2.75) is 25.3 Å². The SMILES string of the molecule is CC1(NC(=O)c2n[nH]c3ccccc23)CCNCC1. The minimum atomic E-state index is -0.137. The van der Waals surface area contributed by atoms with Gasteiger partial charge in [0.15, 0.2) is 5.69 Å². The van der Waals surface area contributed by atoms with Crippen LogP contribution in [0.4, 0.5) is 0 Å². The third-order valence-electron chi connectivity index (χ3n) is 3.81. The van der Waals surface area contributed by atoms with Gasteiger partial charge in [0.05, 0.1) is 5.52 Å². The number of para-hydroxylation sites is 1. The summed E-state index contributed by atoms with van der Waals surface area (Å²) in [7, 11) is 0. The molecule has 0 radical (unpaired) electrons. The molecule has 3 rings (SSSR count). The molecule has 2 aromatic rings. The zero-order valence-electron chi connectivity index (χ0n) is 11.0. The first-order valence-electron chi connectivity index (χ1n) is 6.64. The van der Waals surface area contributed by atoms with Crippen molar-refractivity contribution in [1.82, 2.24) is 20.8 Å². The Morgan fingerprint density at radius 2 is 2.05 bits per heavy atom. The Balaban J connectivity index is 1.84. The summed E-state index contributed by atoms with van der Waals surface area (Å²) in [6.45, 7) is 3.98. The van der Waals surface area contributed by atoms with Crippen LogP contribution in [0.5, 0.6) is 0 Å². The van der Waals surface area contributed by atoms with Gasteiger partial charge in [-0.05, 0) is 38.9 Å². The van der Waals surface area contributed by atoms with Crippen LogP contribution in [0.25, 0.3) is 10.9 Å². The lowest BCUT2D eigenvalue weighted by molar-refractivity contribution is 0.0884. The fourth-order valence-electron chi connectivity index (χ4n) is 2.57. The van der Waals surface area contributed by atoms with Gasteiger partial charge in [0.1, 0.15) is 0 Å². The molecule has 0 saturated carbocycles. The number of carbonyl (C=O) groups excluding carboxylic acids is 1. The van der Waals surface area contributed by atoms with Crippen LogP contribution in [-0.2, 0) is 0 Å². The second-order valence-corrected chi connectivity index (χ2v) is 5.38. The maximum absolute atomic E-state index is 12.4. The summed E-state index contributed by atoms with van der Waals surface area (Å²) in [5.74, 6) is -0.0955. The van der Waals surface area contributed by atoms with Crippen molar-refractivity contribution in [3.63, 3.8) is 0 Å². The monoisotopic (exact) mass is 258 g/mol. The molecule has 1 aliphatic heterocycles. The lowest BCUT2D eigenvalue weighted by Gasteiger charge is -2.34. The standard InChI is InChI=1S/C14H18N4O/c1-14(6-8-15-9-7-14)16-13(19)12-10-4-2-3-5-11(10)17-18-12/h2-5,15H,6-9H2,1H3,(H,16,19)(H,17,18). The van der Waals surface area contributed by atoms with Crippen molar-refractivity contribution < 1.29 is 4.79 Å². The molecular formula is C14H18N4O. The molecular weight excluding hydrogens is 240 g/mol. The zero-order chi connectivity index (χ0) is 13.3. The molecule has 5 nitrogen and oxygen atoms in total. The maximum atomic E-state index is 12.4. The van der Waals surface area contributed by atoms with Crippen molar-refractivity contribution in [2.75, 3.05) is 13.1 Å². The average Bonchev–Trinajstić information content (AvgIpc) is 2.83. The van der Waals surface area contributed by atoms with E-state index in [0.29, 0.717) is 5.69 Å².